The summed E-state index contributed by atoms with van der Waals surface area (Å²) in [4.78, 5) is 11.6. The molecule has 1 aromatic heterocycles. The summed E-state index contributed by atoms with van der Waals surface area (Å²) in [5.41, 5.74) is 2.26. The topological polar surface area (TPSA) is 22.0 Å². The average Bonchev–Trinajstić information content (AvgIpc) is 2.26. The minimum Gasteiger partial charge on any atom is -0.312 e. The van der Waals surface area contributed by atoms with Crippen LogP contribution in [0.2, 0.25) is 0 Å². The third-order valence-corrected chi connectivity index (χ3v) is 2.49. The first kappa shape index (κ1) is 12.5. The Labute approximate surface area is 96.9 Å². The van der Waals surface area contributed by atoms with Crippen molar-refractivity contribution in [3.63, 3.8) is 0 Å². The van der Waals surface area contributed by atoms with E-state index in [0.717, 1.165) is 11.1 Å². The first-order valence-electron chi connectivity index (χ1n) is 5.61. The van der Waals surface area contributed by atoms with Gasteiger partial charge in [0.1, 0.15) is 0 Å². The van der Waals surface area contributed by atoms with E-state index in [-0.39, 0.29) is 11.6 Å². The summed E-state index contributed by atoms with van der Waals surface area (Å²) in [5, 5.41) is 0. The number of hydrogen-bond acceptors (Lipinski definition) is 1. The van der Waals surface area contributed by atoms with Crippen molar-refractivity contribution < 1.29 is 0 Å². The molecule has 0 radical (unpaired) electrons. The third kappa shape index (κ3) is 2.72. The van der Waals surface area contributed by atoms with Gasteiger partial charge in [-0.15, -0.1) is 0 Å². The lowest BCUT2D eigenvalue weighted by Gasteiger charge is -2.11. The van der Waals surface area contributed by atoms with Gasteiger partial charge < -0.3 is 4.57 Å². The molecule has 0 atom stereocenters. The van der Waals surface area contributed by atoms with Crippen LogP contribution in [0, 0.1) is 0 Å². The van der Waals surface area contributed by atoms with Crippen molar-refractivity contribution in [1.29, 1.82) is 0 Å². The van der Waals surface area contributed by atoms with Crippen molar-refractivity contribution in [1.82, 2.24) is 4.57 Å². The number of pyridine rings is 1. The van der Waals surface area contributed by atoms with Crippen molar-refractivity contribution in [2.45, 2.75) is 33.7 Å². The van der Waals surface area contributed by atoms with Crippen molar-refractivity contribution in [3.8, 4) is 0 Å². The number of hydrogen-bond donors (Lipinski definition) is 0. The third-order valence-electron chi connectivity index (χ3n) is 2.49. The van der Waals surface area contributed by atoms with Crippen molar-refractivity contribution >= 4 is 5.57 Å². The molecule has 0 spiro atoms. The maximum Gasteiger partial charge on any atom is 0.250 e. The van der Waals surface area contributed by atoms with Gasteiger partial charge >= 0.3 is 0 Å². The Balaban J connectivity index is 3.27. The van der Waals surface area contributed by atoms with Gasteiger partial charge in [-0.1, -0.05) is 18.2 Å². The second-order valence-electron chi connectivity index (χ2n) is 4.00. The lowest BCUT2D eigenvalue weighted by atomic mass is 10.1. The molecule has 0 bridgehead atoms. The maximum atomic E-state index is 11.6. The number of rotatable bonds is 3. The van der Waals surface area contributed by atoms with E-state index < -0.39 is 0 Å². The second-order valence-corrected chi connectivity index (χ2v) is 4.00. The lowest BCUT2D eigenvalue weighted by molar-refractivity contribution is 0.577. The number of allylic oxidation sites excluding steroid dienone is 4. The molecule has 0 saturated heterocycles. The highest BCUT2D eigenvalue weighted by molar-refractivity contribution is 5.73. The molecule has 0 aliphatic carbocycles. The normalized spacial score (nSPS) is 12.7. The van der Waals surface area contributed by atoms with Crippen LogP contribution in [0.3, 0.4) is 0 Å². The Hall–Kier alpha value is -1.57. The van der Waals surface area contributed by atoms with Crippen LogP contribution in [0.15, 0.2) is 41.4 Å². The number of aromatic nitrogens is 1. The highest BCUT2D eigenvalue weighted by Crippen LogP contribution is 2.15. The van der Waals surface area contributed by atoms with E-state index in [1.165, 1.54) is 0 Å². The van der Waals surface area contributed by atoms with Gasteiger partial charge in [0.05, 0.1) is 0 Å². The molecule has 0 unspecified atom stereocenters. The summed E-state index contributed by atoms with van der Waals surface area (Å²) in [5.74, 6) is 0. The van der Waals surface area contributed by atoms with Gasteiger partial charge in [0.15, 0.2) is 0 Å². The van der Waals surface area contributed by atoms with Gasteiger partial charge in [-0.2, -0.15) is 0 Å². The van der Waals surface area contributed by atoms with E-state index in [1.54, 1.807) is 10.6 Å². The van der Waals surface area contributed by atoms with Crippen LogP contribution in [0.4, 0.5) is 0 Å². The summed E-state index contributed by atoms with van der Waals surface area (Å²) in [6.45, 7) is 8.01. The predicted molar refractivity (Wildman–Crippen MR) is 69.6 cm³/mol. The molecule has 1 rings (SSSR count). The Kier molecular flexibility index (Phi) is 4.29. The van der Waals surface area contributed by atoms with Crippen LogP contribution < -0.4 is 5.56 Å². The van der Waals surface area contributed by atoms with Crippen LogP contribution in [-0.2, 0) is 0 Å². The molecule has 0 amide bonds. The summed E-state index contributed by atoms with van der Waals surface area (Å²) < 4.78 is 1.75. The van der Waals surface area contributed by atoms with Gasteiger partial charge in [-0.05, 0) is 44.9 Å². The molecule has 0 aliphatic rings. The molecule has 1 aromatic rings. The largest absolute Gasteiger partial charge is 0.312 e. The van der Waals surface area contributed by atoms with E-state index in [1.807, 2.05) is 58.2 Å². The quantitative estimate of drug-likeness (QED) is 0.711. The molecule has 16 heavy (non-hydrogen) atoms. The van der Waals surface area contributed by atoms with Crippen LogP contribution in [0.25, 0.3) is 5.57 Å². The summed E-state index contributed by atoms with van der Waals surface area (Å²) >= 11 is 0. The smallest absolute Gasteiger partial charge is 0.250 e. The second kappa shape index (κ2) is 5.50. The van der Waals surface area contributed by atoms with E-state index in [4.69, 9.17) is 0 Å². The van der Waals surface area contributed by atoms with E-state index in [9.17, 15) is 4.79 Å². The Morgan fingerprint density at radius 3 is 2.50 bits per heavy atom. The summed E-state index contributed by atoms with van der Waals surface area (Å²) in [6, 6.07) is 3.69. The van der Waals surface area contributed by atoms with Crippen molar-refractivity contribution in [2.24, 2.45) is 0 Å². The molecule has 1 heterocycles. The van der Waals surface area contributed by atoms with Crippen LogP contribution in [-0.4, -0.2) is 4.57 Å². The highest BCUT2D eigenvalue weighted by atomic mass is 16.1. The van der Waals surface area contributed by atoms with Crippen LogP contribution in [0.5, 0.6) is 0 Å². The van der Waals surface area contributed by atoms with Crippen molar-refractivity contribution in [2.75, 3.05) is 0 Å². The Morgan fingerprint density at radius 2 is 2.00 bits per heavy atom. The molecular formula is C14H19NO. The van der Waals surface area contributed by atoms with Crippen LogP contribution >= 0.6 is 0 Å². The molecule has 0 aliphatic heterocycles. The fourth-order valence-electron chi connectivity index (χ4n) is 1.62. The minimum atomic E-state index is 0.0506. The zero-order valence-corrected chi connectivity index (χ0v) is 10.4. The maximum absolute atomic E-state index is 11.6. The zero-order chi connectivity index (χ0) is 12.1. The number of nitrogens with zero attached hydrogens (tertiary/aromatic N) is 1. The minimum absolute atomic E-state index is 0.0506. The van der Waals surface area contributed by atoms with Gasteiger partial charge in [0.2, 0.25) is 0 Å². The Bertz CT molecular complexity index is 464. The van der Waals surface area contributed by atoms with Crippen LogP contribution in [0.1, 0.15) is 39.3 Å². The van der Waals surface area contributed by atoms with Gasteiger partial charge in [0, 0.05) is 18.3 Å². The molecule has 0 saturated carbocycles. The summed E-state index contributed by atoms with van der Waals surface area (Å²) in [6.07, 6.45) is 8.01. The molecular weight excluding hydrogens is 198 g/mol. The lowest BCUT2D eigenvalue weighted by Crippen LogP contribution is -2.20. The fraction of sp³-hybridized carbons (Fsp3) is 0.357. The SMILES string of the molecule is CC=CC(=CC)c1ccc(=O)n(C(C)C)c1. The first-order valence-corrected chi connectivity index (χ1v) is 5.61. The molecule has 0 fully saturated rings. The Morgan fingerprint density at radius 1 is 1.31 bits per heavy atom. The molecule has 2 heteroatoms. The first-order chi connectivity index (χ1) is 7.60. The van der Waals surface area contributed by atoms with Gasteiger partial charge in [-0.3, -0.25) is 4.79 Å². The zero-order valence-electron chi connectivity index (χ0n) is 10.4. The molecule has 2 nitrogen and oxygen atoms in total. The van der Waals surface area contributed by atoms with Gasteiger partial charge in [-0.25, -0.2) is 0 Å². The highest BCUT2D eigenvalue weighted by Gasteiger charge is 2.03. The average molecular weight is 217 g/mol. The molecule has 86 valence electrons. The molecule has 0 aromatic carbocycles. The van der Waals surface area contributed by atoms with E-state index >= 15 is 0 Å². The van der Waals surface area contributed by atoms with E-state index in [0.29, 0.717) is 0 Å². The fourth-order valence-corrected chi connectivity index (χ4v) is 1.62. The van der Waals surface area contributed by atoms with Crippen molar-refractivity contribution in [3.05, 3.63) is 52.5 Å². The molecule has 0 N–H and O–H groups in total. The predicted octanol–water partition coefficient (Wildman–Crippen LogP) is 3.41. The standard InChI is InChI=1S/C14H19NO/c1-5-7-12(6-2)13-8-9-14(16)15(10-13)11(3)4/h5-11H,1-4H3. The van der Waals surface area contributed by atoms with Gasteiger partial charge in [0.25, 0.3) is 5.56 Å². The summed E-state index contributed by atoms with van der Waals surface area (Å²) in [7, 11) is 0. The monoisotopic (exact) mass is 217 g/mol. The van der Waals surface area contributed by atoms with E-state index in [2.05, 4.69) is 0 Å².